The highest BCUT2D eigenvalue weighted by Gasteiger charge is 2.23. The molecule has 58 valence electrons. The maximum absolute atomic E-state index is 2.35. The Bertz CT molecular complexity index is 121. The first-order valence-corrected chi connectivity index (χ1v) is 4.29. The summed E-state index contributed by atoms with van der Waals surface area (Å²) in [5.74, 6) is 0. The molecule has 0 aromatic heterocycles. The zero-order valence-corrected chi connectivity index (χ0v) is 7.14. The van der Waals surface area contributed by atoms with E-state index in [1.165, 1.54) is 36.8 Å². The van der Waals surface area contributed by atoms with Gasteiger partial charge in [-0.05, 0) is 12.5 Å². The van der Waals surface area contributed by atoms with Crippen molar-refractivity contribution < 1.29 is 4.48 Å². The third-order valence-corrected chi connectivity index (χ3v) is 2.29. The average molecular weight is 140 g/mol. The van der Waals surface area contributed by atoms with Gasteiger partial charge in [-0.1, -0.05) is 6.92 Å². The molecule has 0 N–H and O–H groups in total. The number of allylic oxidation sites excluding steroid dienone is 1. The lowest BCUT2D eigenvalue weighted by Gasteiger charge is -2.23. The molecule has 1 heterocycles. The monoisotopic (exact) mass is 140 g/mol. The molecule has 1 fully saturated rings. The van der Waals surface area contributed by atoms with Crippen LogP contribution in [0.3, 0.4) is 0 Å². The van der Waals surface area contributed by atoms with Crippen LogP contribution in [0, 0.1) is 0 Å². The van der Waals surface area contributed by atoms with Crippen molar-refractivity contribution in [1.82, 2.24) is 0 Å². The summed E-state index contributed by atoms with van der Waals surface area (Å²) >= 11 is 0. The molecule has 0 amide bonds. The molecule has 0 radical (unpaired) electrons. The van der Waals surface area contributed by atoms with Crippen LogP contribution >= 0.6 is 0 Å². The number of quaternary nitrogens is 1. The van der Waals surface area contributed by atoms with Gasteiger partial charge in [-0.3, -0.25) is 4.48 Å². The number of nitrogens with zero attached hydrogens (tertiary/aromatic N) is 1. The number of likely N-dealkylation sites (tertiary alicyclic amines) is 1. The highest BCUT2D eigenvalue weighted by molar-refractivity contribution is 4.73. The lowest BCUT2D eigenvalue weighted by Crippen LogP contribution is -2.34. The van der Waals surface area contributed by atoms with Gasteiger partial charge in [0.2, 0.25) is 0 Å². The summed E-state index contributed by atoms with van der Waals surface area (Å²) in [7, 11) is 2.32. The molecule has 1 rings (SSSR count). The van der Waals surface area contributed by atoms with Crippen LogP contribution in [0.2, 0.25) is 0 Å². The molecular formula is C9H18N+. The van der Waals surface area contributed by atoms with E-state index in [-0.39, 0.29) is 0 Å². The summed E-state index contributed by atoms with van der Waals surface area (Å²) in [5.41, 5.74) is 0. The molecule has 0 aliphatic carbocycles. The van der Waals surface area contributed by atoms with E-state index >= 15 is 0 Å². The van der Waals surface area contributed by atoms with Crippen LogP contribution in [-0.2, 0) is 0 Å². The summed E-state index contributed by atoms with van der Waals surface area (Å²) < 4.78 is 1.17. The number of hydrogen-bond acceptors (Lipinski definition) is 0. The molecule has 0 saturated carbocycles. The van der Waals surface area contributed by atoms with Gasteiger partial charge in [-0.15, -0.1) is 0 Å². The summed E-state index contributed by atoms with van der Waals surface area (Å²) in [6.45, 7) is 4.88. The smallest absolute Gasteiger partial charge is 0.0915 e. The Morgan fingerprint density at radius 3 is 2.40 bits per heavy atom. The molecule has 1 heteroatoms. The lowest BCUT2D eigenvalue weighted by molar-refractivity contribution is -0.846. The van der Waals surface area contributed by atoms with Crippen molar-refractivity contribution in [2.45, 2.75) is 26.2 Å². The van der Waals surface area contributed by atoms with Gasteiger partial charge in [-0.25, -0.2) is 0 Å². The standard InChI is InChI=1S/C9H18N/c1-3-4-7-10(2)8-5-6-9-10/h4,7H,3,5-6,8-9H2,1-2H3/q+1/b7-4+. The van der Waals surface area contributed by atoms with Gasteiger partial charge in [0.15, 0.2) is 0 Å². The quantitative estimate of drug-likeness (QED) is 0.516. The van der Waals surface area contributed by atoms with Gasteiger partial charge >= 0.3 is 0 Å². The van der Waals surface area contributed by atoms with E-state index in [2.05, 4.69) is 26.2 Å². The molecular weight excluding hydrogens is 122 g/mol. The molecule has 1 aliphatic heterocycles. The van der Waals surface area contributed by atoms with Gasteiger partial charge in [0, 0.05) is 12.8 Å². The molecule has 0 spiro atoms. The van der Waals surface area contributed by atoms with E-state index in [9.17, 15) is 0 Å². The van der Waals surface area contributed by atoms with Gasteiger partial charge in [0.1, 0.15) is 0 Å². The molecule has 0 bridgehead atoms. The van der Waals surface area contributed by atoms with Crippen LogP contribution < -0.4 is 0 Å². The third-order valence-electron chi connectivity index (χ3n) is 2.29. The first-order valence-electron chi connectivity index (χ1n) is 4.29. The largest absolute Gasteiger partial charge is 0.300 e. The van der Waals surface area contributed by atoms with Crippen LogP contribution in [0.25, 0.3) is 0 Å². The van der Waals surface area contributed by atoms with Crippen molar-refractivity contribution in [3.63, 3.8) is 0 Å². The van der Waals surface area contributed by atoms with Crippen LogP contribution in [-0.4, -0.2) is 24.6 Å². The van der Waals surface area contributed by atoms with Crippen molar-refractivity contribution in [3.05, 3.63) is 12.3 Å². The second-order valence-electron chi connectivity index (χ2n) is 3.43. The first-order chi connectivity index (χ1) is 4.77. The third kappa shape index (κ3) is 1.84. The Balaban J connectivity index is 2.43. The topological polar surface area (TPSA) is 0 Å². The van der Waals surface area contributed by atoms with Crippen LogP contribution in [0.15, 0.2) is 12.3 Å². The fourth-order valence-corrected chi connectivity index (χ4v) is 1.57. The van der Waals surface area contributed by atoms with Crippen molar-refractivity contribution in [2.24, 2.45) is 0 Å². The van der Waals surface area contributed by atoms with E-state index in [0.29, 0.717) is 0 Å². The molecule has 0 aromatic carbocycles. The van der Waals surface area contributed by atoms with Gasteiger partial charge in [0.05, 0.1) is 26.3 Å². The van der Waals surface area contributed by atoms with E-state index in [1.807, 2.05) is 0 Å². The molecule has 0 aromatic rings. The summed E-state index contributed by atoms with van der Waals surface area (Å²) in [6.07, 6.45) is 8.63. The normalized spacial score (nSPS) is 24.2. The average Bonchev–Trinajstić information content (AvgIpc) is 2.33. The Labute approximate surface area is 63.9 Å². The van der Waals surface area contributed by atoms with E-state index < -0.39 is 0 Å². The van der Waals surface area contributed by atoms with Gasteiger partial charge in [-0.2, -0.15) is 0 Å². The fraction of sp³-hybridized carbons (Fsp3) is 0.778. The zero-order chi connectivity index (χ0) is 7.45. The Kier molecular flexibility index (Phi) is 2.50. The maximum atomic E-state index is 2.35. The molecule has 10 heavy (non-hydrogen) atoms. The van der Waals surface area contributed by atoms with E-state index in [1.54, 1.807) is 0 Å². The van der Waals surface area contributed by atoms with Crippen LogP contribution in [0.1, 0.15) is 26.2 Å². The molecule has 1 saturated heterocycles. The summed E-state index contributed by atoms with van der Waals surface area (Å²) in [5, 5.41) is 0. The lowest BCUT2D eigenvalue weighted by atomic mass is 10.4. The second-order valence-corrected chi connectivity index (χ2v) is 3.43. The SMILES string of the molecule is CC/C=C/[N+]1(C)CCCC1. The first kappa shape index (κ1) is 7.80. The van der Waals surface area contributed by atoms with Crippen molar-refractivity contribution in [3.8, 4) is 0 Å². The number of hydrogen-bond donors (Lipinski definition) is 0. The highest BCUT2D eigenvalue weighted by Crippen LogP contribution is 2.16. The van der Waals surface area contributed by atoms with Gasteiger partial charge in [0.25, 0.3) is 0 Å². The minimum absolute atomic E-state index is 1.17. The summed E-state index contributed by atoms with van der Waals surface area (Å²) in [4.78, 5) is 0. The minimum atomic E-state index is 1.17. The highest BCUT2D eigenvalue weighted by atomic mass is 15.3. The summed E-state index contributed by atoms with van der Waals surface area (Å²) in [6, 6.07) is 0. The molecule has 1 aliphatic rings. The Morgan fingerprint density at radius 2 is 1.90 bits per heavy atom. The molecule has 0 atom stereocenters. The van der Waals surface area contributed by atoms with E-state index in [4.69, 9.17) is 0 Å². The zero-order valence-electron chi connectivity index (χ0n) is 7.14. The Hall–Kier alpha value is -0.300. The number of rotatable bonds is 2. The fourth-order valence-electron chi connectivity index (χ4n) is 1.57. The van der Waals surface area contributed by atoms with Crippen molar-refractivity contribution >= 4 is 0 Å². The molecule has 1 nitrogen and oxygen atoms in total. The predicted octanol–water partition coefficient (Wildman–Crippen LogP) is 2.15. The maximum Gasteiger partial charge on any atom is 0.0915 e. The van der Waals surface area contributed by atoms with Crippen molar-refractivity contribution in [1.29, 1.82) is 0 Å². The van der Waals surface area contributed by atoms with Crippen LogP contribution in [0.5, 0.6) is 0 Å². The van der Waals surface area contributed by atoms with Gasteiger partial charge < -0.3 is 0 Å². The van der Waals surface area contributed by atoms with Crippen LogP contribution in [0.4, 0.5) is 0 Å². The second kappa shape index (κ2) is 3.20. The minimum Gasteiger partial charge on any atom is -0.300 e. The van der Waals surface area contributed by atoms with Crippen molar-refractivity contribution in [2.75, 3.05) is 20.1 Å². The Morgan fingerprint density at radius 1 is 1.30 bits per heavy atom. The van der Waals surface area contributed by atoms with E-state index in [0.717, 1.165) is 0 Å². The predicted molar refractivity (Wildman–Crippen MR) is 44.6 cm³/mol. The molecule has 0 unspecified atom stereocenters.